The molecule has 1 aliphatic heterocycles. The first-order valence-corrected chi connectivity index (χ1v) is 6.53. The van der Waals surface area contributed by atoms with Gasteiger partial charge >= 0.3 is 0 Å². The number of amidine groups is 1. The van der Waals surface area contributed by atoms with Gasteiger partial charge in [0.1, 0.15) is 11.5 Å². The molecule has 1 aliphatic rings. The molecule has 0 saturated heterocycles. The SMILES string of the molecule is CSc1ccc(/C=C2\N=C(C)N(C)C2=O)cc1. The van der Waals surface area contributed by atoms with Gasteiger partial charge < -0.3 is 0 Å². The van der Waals surface area contributed by atoms with Crippen molar-refractivity contribution in [2.24, 2.45) is 4.99 Å². The molecule has 0 spiro atoms. The third-order valence-electron chi connectivity index (χ3n) is 2.71. The van der Waals surface area contributed by atoms with E-state index < -0.39 is 0 Å². The highest BCUT2D eigenvalue weighted by molar-refractivity contribution is 7.98. The van der Waals surface area contributed by atoms with Gasteiger partial charge in [-0.15, -0.1) is 11.8 Å². The summed E-state index contributed by atoms with van der Waals surface area (Å²) in [4.78, 5) is 18.8. The Morgan fingerprint density at radius 1 is 1.29 bits per heavy atom. The van der Waals surface area contributed by atoms with E-state index in [0.717, 1.165) is 11.4 Å². The van der Waals surface area contributed by atoms with E-state index in [2.05, 4.69) is 4.99 Å². The fraction of sp³-hybridized carbons (Fsp3) is 0.231. The number of benzene rings is 1. The zero-order valence-corrected chi connectivity index (χ0v) is 10.9. The summed E-state index contributed by atoms with van der Waals surface area (Å²) in [6.45, 7) is 1.83. The topological polar surface area (TPSA) is 32.7 Å². The molecule has 3 nitrogen and oxygen atoms in total. The number of amides is 1. The predicted molar refractivity (Wildman–Crippen MR) is 72.1 cm³/mol. The highest BCUT2D eigenvalue weighted by atomic mass is 32.2. The van der Waals surface area contributed by atoms with E-state index in [9.17, 15) is 4.79 Å². The van der Waals surface area contributed by atoms with Crippen molar-refractivity contribution in [2.75, 3.05) is 13.3 Å². The predicted octanol–water partition coefficient (Wildman–Crippen LogP) is 2.64. The quantitative estimate of drug-likeness (QED) is 0.593. The molecular weight excluding hydrogens is 232 g/mol. The minimum atomic E-state index is -0.0450. The second-order valence-corrected chi connectivity index (χ2v) is 4.71. The lowest BCUT2D eigenvalue weighted by Gasteiger charge is -2.06. The molecule has 1 heterocycles. The van der Waals surface area contributed by atoms with Gasteiger partial charge in [-0.25, -0.2) is 4.99 Å². The van der Waals surface area contributed by atoms with Crippen molar-refractivity contribution in [3.05, 3.63) is 35.5 Å². The van der Waals surface area contributed by atoms with Crippen LogP contribution in [0.15, 0.2) is 39.9 Å². The number of nitrogens with zero attached hydrogens (tertiary/aromatic N) is 2. The lowest BCUT2D eigenvalue weighted by Crippen LogP contribution is -2.25. The molecule has 0 aromatic heterocycles. The van der Waals surface area contributed by atoms with Crippen LogP contribution in [-0.2, 0) is 4.79 Å². The summed E-state index contributed by atoms with van der Waals surface area (Å²) in [5.74, 6) is 0.693. The van der Waals surface area contributed by atoms with Crippen LogP contribution < -0.4 is 0 Å². The van der Waals surface area contributed by atoms with Crippen LogP contribution in [0.25, 0.3) is 6.08 Å². The molecule has 4 heteroatoms. The van der Waals surface area contributed by atoms with Gasteiger partial charge in [0.05, 0.1) is 0 Å². The number of carbonyl (C=O) groups is 1. The summed E-state index contributed by atoms with van der Waals surface area (Å²) < 4.78 is 0. The molecule has 0 aliphatic carbocycles. The Morgan fingerprint density at radius 2 is 1.94 bits per heavy atom. The molecular formula is C13H14N2OS. The summed E-state index contributed by atoms with van der Waals surface area (Å²) >= 11 is 1.70. The monoisotopic (exact) mass is 246 g/mol. The molecule has 0 radical (unpaired) electrons. The van der Waals surface area contributed by atoms with Gasteiger partial charge in [-0.05, 0) is 37.0 Å². The third kappa shape index (κ3) is 2.42. The Morgan fingerprint density at radius 3 is 2.41 bits per heavy atom. The molecule has 1 aromatic rings. The molecule has 0 atom stereocenters. The fourth-order valence-electron chi connectivity index (χ4n) is 1.57. The van der Waals surface area contributed by atoms with Crippen molar-refractivity contribution in [3.63, 3.8) is 0 Å². The highest BCUT2D eigenvalue weighted by Gasteiger charge is 2.23. The van der Waals surface area contributed by atoms with E-state index in [1.165, 1.54) is 4.90 Å². The Kier molecular flexibility index (Phi) is 3.33. The van der Waals surface area contributed by atoms with Crippen molar-refractivity contribution < 1.29 is 4.79 Å². The molecule has 1 amide bonds. The van der Waals surface area contributed by atoms with Gasteiger partial charge in [0, 0.05) is 11.9 Å². The smallest absolute Gasteiger partial charge is 0.277 e. The molecule has 0 N–H and O–H groups in total. The Hall–Kier alpha value is -1.55. The second kappa shape index (κ2) is 4.75. The van der Waals surface area contributed by atoms with Crippen molar-refractivity contribution in [2.45, 2.75) is 11.8 Å². The number of rotatable bonds is 2. The van der Waals surface area contributed by atoms with Crippen LogP contribution in [-0.4, -0.2) is 29.9 Å². The first-order valence-electron chi connectivity index (χ1n) is 5.31. The molecule has 0 unspecified atom stereocenters. The average molecular weight is 246 g/mol. The van der Waals surface area contributed by atoms with Crippen LogP contribution in [0.3, 0.4) is 0 Å². The van der Waals surface area contributed by atoms with Crippen LogP contribution in [0.2, 0.25) is 0 Å². The minimum Gasteiger partial charge on any atom is -0.298 e. The zero-order chi connectivity index (χ0) is 12.4. The molecule has 88 valence electrons. The summed E-state index contributed by atoms with van der Waals surface area (Å²) in [5, 5.41) is 0. The summed E-state index contributed by atoms with van der Waals surface area (Å²) in [6, 6.07) is 8.07. The van der Waals surface area contributed by atoms with Gasteiger partial charge in [0.2, 0.25) is 0 Å². The van der Waals surface area contributed by atoms with E-state index >= 15 is 0 Å². The van der Waals surface area contributed by atoms with Crippen LogP contribution in [0.5, 0.6) is 0 Å². The van der Waals surface area contributed by atoms with Crippen LogP contribution in [0.1, 0.15) is 12.5 Å². The minimum absolute atomic E-state index is 0.0450. The van der Waals surface area contributed by atoms with Gasteiger partial charge in [0.15, 0.2) is 0 Å². The maximum Gasteiger partial charge on any atom is 0.277 e. The largest absolute Gasteiger partial charge is 0.298 e. The normalized spacial score (nSPS) is 17.8. The number of hydrogen-bond donors (Lipinski definition) is 0. The maximum absolute atomic E-state index is 11.8. The Balaban J connectivity index is 2.28. The van der Waals surface area contributed by atoms with Crippen LogP contribution in [0, 0.1) is 0 Å². The van der Waals surface area contributed by atoms with Crippen LogP contribution >= 0.6 is 11.8 Å². The van der Waals surface area contributed by atoms with Gasteiger partial charge in [0.25, 0.3) is 5.91 Å². The Labute approximate surface area is 105 Å². The van der Waals surface area contributed by atoms with E-state index in [1.807, 2.05) is 43.5 Å². The molecule has 0 saturated carbocycles. The van der Waals surface area contributed by atoms with Crippen molar-refractivity contribution in [3.8, 4) is 0 Å². The van der Waals surface area contributed by atoms with Gasteiger partial charge in [-0.2, -0.15) is 0 Å². The van der Waals surface area contributed by atoms with E-state index in [-0.39, 0.29) is 5.91 Å². The molecule has 0 bridgehead atoms. The average Bonchev–Trinajstić information content (AvgIpc) is 2.58. The number of likely N-dealkylation sites (N-methyl/N-ethyl adjacent to an activating group) is 1. The number of carbonyl (C=O) groups excluding carboxylic acids is 1. The summed E-state index contributed by atoms with van der Waals surface area (Å²) in [6.07, 6.45) is 3.86. The number of aliphatic imine (C=N–C) groups is 1. The standard InChI is InChI=1S/C13H14N2OS/c1-9-14-12(13(16)15(9)2)8-10-4-6-11(17-3)7-5-10/h4-8H,1-3H3/b12-8-. The maximum atomic E-state index is 11.8. The van der Waals surface area contributed by atoms with E-state index in [1.54, 1.807) is 23.7 Å². The zero-order valence-electron chi connectivity index (χ0n) is 10.1. The number of hydrogen-bond acceptors (Lipinski definition) is 3. The van der Waals surface area contributed by atoms with Crippen LogP contribution in [0.4, 0.5) is 0 Å². The lowest BCUT2D eigenvalue weighted by molar-refractivity contribution is -0.121. The molecule has 17 heavy (non-hydrogen) atoms. The molecule has 2 rings (SSSR count). The lowest BCUT2D eigenvalue weighted by atomic mass is 10.2. The third-order valence-corrected chi connectivity index (χ3v) is 3.45. The molecule has 0 fully saturated rings. The Bertz CT molecular complexity index is 503. The van der Waals surface area contributed by atoms with E-state index in [0.29, 0.717) is 5.70 Å². The highest BCUT2D eigenvalue weighted by Crippen LogP contribution is 2.19. The van der Waals surface area contributed by atoms with Crippen molar-refractivity contribution in [1.82, 2.24) is 4.90 Å². The number of thioether (sulfide) groups is 1. The summed E-state index contributed by atoms with van der Waals surface area (Å²) in [7, 11) is 1.73. The first kappa shape index (κ1) is 11.9. The van der Waals surface area contributed by atoms with Crippen molar-refractivity contribution in [1.29, 1.82) is 0 Å². The van der Waals surface area contributed by atoms with Gasteiger partial charge in [-0.1, -0.05) is 12.1 Å². The first-order chi connectivity index (χ1) is 8.11. The van der Waals surface area contributed by atoms with E-state index in [4.69, 9.17) is 0 Å². The van der Waals surface area contributed by atoms with Gasteiger partial charge in [-0.3, -0.25) is 9.69 Å². The van der Waals surface area contributed by atoms with Crippen molar-refractivity contribution >= 4 is 29.6 Å². The molecule has 1 aromatic carbocycles. The summed E-state index contributed by atoms with van der Waals surface area (Å²) in [5.41, 5.74) is 1.50. The second-order valence-electron chi connectivity index (χ2n) is 3.83. The fourth-order valence-corrected chi connectivity index (χ4v) is 1.98.